The fraction of sp³-hybridized carbons (Fsp3) is 0.615. The molecule has 1 aliphatic rings. The van der Waals surface area contributed by atoms with Crippen LogP contribution in [0.15, 0.2) is 12.3 Å². The molecular formula is C13H21N3O. The van der Waals surface area contributed by atoms with Gasteiger partial charge in [-0.05, 0) is 37.3 Å². The number of aromatic nitrogens is 1. The smallest absolute Gasteiger partial charge is 0.131 e. The summed E-state index contributed by atoms with van der Waals surface area (Å²) in [5, 5.41) is 0. The molecule has 0 radical (unpaired) electrons. The summed E-state index contributed by atoms with van der Waals surface area (Å²) in [5.74, 6) is 1.64. The Labute approximate surface area is 103 Å². The Hall–Kier alpha value is -1.29. The summed E-state index contributed by atoms with van der Waals surface area (Å²) in [6.45, 7) is 4.84. The highest BCUT2D eigenvalue weighted by molar-refractivity contribution is 5.52. The number of hydrogen-bond donors (Lipinski definition) is 1. The molecule has 0 amide bonds. The van der Waals surface area contributed by atoms with Crippen LogP contribution >= 0.6 is 0 Å². The van der Waals surface area contributed by atoms with E-state index >= 15 is 0 Å². The number of aryl methyl sites for hydroxylation is 1. The molecule has 1 aliphatic heterocycles. The number of anilines is 2. The van der Waals surface area contributed by atoms with Gasteiger partial charge in [-0.1, -0.05) is 0 Å². The van der Waals surface area contributed by atoms with Crippen LogP contribution in [0.2, 0.25) is 0 Å². The van der Waals surface area contributed by atoms with Crippen molar-refractivity contribution in [1.82, 2.24) is 4.98 Å². The van der Waals surface area contributed by atoms with Gasteiger partial charge in [0.05, 0.1) is 18.5 Å². The number of ether oxygens (including phenoxy) is 1. The minimum absolute atomic E-state index is 0.618. The Morgan fingerprint density at radius 3 is 3.06 bits per heavy atom. The van der Waals surface area contributed by atoms with Gasteiger partial charge in [-0.15, -0.1) is 0 Å². The molecule has 1 fully saturated rings. The molecule has 0 bridgehead atoms. The maximum atomic E-state index is 5.71. The average molecular weight is 235 g/mol. The van der Waals surface area contributed by atoms with Crippen molar-refractivity contribution in [2.75, 3.05) is 37.4 Å². The predicted molar refractivity (Wildman–Crippen MR) is 70.2 cm³/mol. The lowest BCUT2D eigenvalue weighted by Gasteiger charge is -2.28. The number of nitrogen functional groups attached to an aromatic ring is 1. The Morgan fingerprint density at radius 1 is 1.59 bits per heavy atom. The molecule has 0 saturated carbocycles. The minimum atomic E-state index is 0.618. The van der Waals surface area contributed by atoms with Crippen molar-refractivity contribution in [3.05, 3.63) is 17.8 Å². The molecule has 0 spiro atoms. The Morgan fingerprint density at radius 2 is 2.41 bits per heavy atom. The van der Waals surface area contributed by atoms with E-state index in [1.165, 1.54) is 12.8 Å². The third kappa shape index (κ3) is 3.09. The second-order valence-electron chi connectivity index (χ2n) is 4.87. The molecule has 2 N–H and O–H groups in total. The Balaban J connectivity index is 2.00. The van der Waals surface area contributed by atoms with Crippen LogP contribution in [-0.2, 0) is 4.74 Å². The van der Waals surface area contributed by atoms with E-state index < -0.39 is 0 Å². The number of nitrogens with zero attached hydrogens (tertiary/aromatic N) is 2. The monoisotopic (exact) mass is 235 g/mol. The summed E-state index contributed by atoms with van der Waals surface area (Å²) in [4.78, 5) is 6.61. The SMILES string of the molecule is Cc1cc(N)cnc1N(C)CC1CCCOC1. The summed E-state index contributed by atoms with van der Waals surface area (Å²) < 4.78 is 5.50. The zero-order chi connectivity index (χ0) is 12.3. The lowest BCUT2D eigenvalue weighted by molar-refractivity contribution is 0.0576. The first-order valence-corrected chi connectivity index (χ1v) is 6.18. The third-order valence-electron chi connectivity index (χ3n) is 3.22. The van der Waals surface area contributed by atoms with E-state index in [0.717, 1.165) is 36.8 Å². The first kappa shape index (κ1) is 12.2. The van der Waals surface area contributed by atoms with E-state index in [9.17, 15) is 0 Å². The van der Waals surface area contributed by atoms with Crippen LogP contribution in [0.4, 0.5) is 11.5 Å². The molecule has 0 aliphatic carbocycles. The topological polar surface area (TPSA) is 51.4 Å². The maximum Gasteiger partial charge on any atom is 0.131 e. The zero-order valence-electron chi connectivity index (χ0n) is 10.6. The van der Waals surface area contributed by atoms with Crippen LogP contribution in [0.1, 0.15) is 18.4 Å². The molecule has 1 aromatic heterocycles. The molecular weight excluding hydrogens is 214 g/mol. The third-order valence-corrected chi connectivity index (χ3v) is 3.22. The number of nitrogens with two attached hydrogens (primary N) is 1. The Bertz CT molecular complexity index is 375. The second kappa shape index (κ2) is 5.36. The van der Waals surface area contributed by atoms with Crippen molar-refractivity contribution in [2.45, 2.75) is 19.8 Å². The van der Waals surface area contributed by atoms with Crippen LogP contribution in [-0.4, -0.2) is 31.8 Å². The van der Waals surface area contributed by atoms with Crippen LogP contribution in [0, 0.1) is 12.8 Å². The summed E-state index contributed by atoms with van der Waals surface area (Å²) in [5.41, 5.74) is 7.56. The van der Waals surface area contributed by atoms with E-state index in [1.54, 1.807) is 6.20 Å². The van der Waals surface area contributed by atoms with Gasteiger partial charge in [0.25, 0.3) is 0 Å². The van der Waals surface area contributed by atoms with Crippen molar-refractivity contribution in [3.63, 3.8) is 0 Å². The van der Waals surface area contributed by atoms with Crippen molar-refractivity contribution in [2.24, 2.45) is 5.92 Å². The first-order chi connectivity index (χ1) is 8.16. The van der Waals surface area contributed by atoms with E-state index in [0.29, 0.717) is 5.92 Å². The van der Waals surface area contributed by atoms with E-state index in [2.05, 4.69) is 16.9 Å². The molecule has 2 rings (SSSR count). The normalized spacial score (nSPS) is 20.2. The largest absolute Gasteiger partial charge is 0.397 e. The van der Waals surface area contributed by atoms with Crippen molar-refractivity contribution < 1.29 is 4.74 Å². The maximum absolute atomic E-state index is 5.71. The molecule has 1 saturated heterocycles. The highest BCUT2D eigenvalue weighted by atomic mass is 16.5. The van der Waals surface area contributed by atoms with Crippen LogP contribution in [0.25, 0.3) is 0 Å². The van der Waals surface area contributed by atoms with Gasteiger partial charge in [-0.2, -0.15) is 0 Å². The zero-order valence-corrected chi connectivity index (χ0v) is 10.6. The lowest BCUT2D eigenvalue weighted by Crippen LogP contribution is -2.31. The number of pyridine rings is 1. The van der Waals surface area contributed by atoms with Crippen LogP contribution in [0.3, 0.4) is 0 Å². The molecule has 4 heteroatoms. The van der Waals surface area contributed by atoms with Gasteiger partial charge in [-0.3, -0.25) is 0 Å². The fourth-order valence-corrected chi connectivity index (χ4v) is 2.41. The van der Waals surface area contributed by atoms with Gasteiger partial charge in [0.15, 0.2) is 0 Å². The molecule has 17 heavy (non-hydrogen) atoms. The lowest BCUT2D eigenvalue weighted by atomic mass is 10.0. The predicted octanol–water partition coefficient (Wildman–Crippen LogP) is 1.84. The van der Waals surface area contributed by atoms with E-state index in [1.807, 2.05) is 13.0 Å². The molecule has 4 nitrogen and oxygen atoms in total. The molecule has 2 heterocycles. The standard InChI is InChI=1S/C13H21N3O/c1-10-6-12(14)7-15-13(10)16(2)8-11-4-3-5-17-9-11/h6-7,11H,3-5,8-9,14H2,1-2H3. The van der Waals surface area contributed by atoms with Gasteiger partial charge in [0, 0.05) is 20.2 Å². The van der Waals surface area contributed by atoms with Crippen LogP contribution < -0.4 is 10.6 Å². The van der Waals surface area contributed by atoms with Crippen molar-refractivity contribution in [3.8, 4) is 0 Å². The van der Waals surface area contributed by atoms with Crippen molar-refractivity contribution in [1.29, 1.82) is 0 Å². The molecule has 1 unspecified atom stereocenters. The summed E-state index contributed by atoms with van der Waals surface area (Å²) in [6.07, 6.45) is 4.14. The van der Waals surface area contributed by atoms with Gasteiger partial charge in [-0.25, -0.2) is 4.98 Å². The molecule has 1 atom stereocenters. The van der Waals surface area contributed by atoms with E-state index in [-0.39, 0.29) is 0 Å². The highest BCUT2D eigenvalue weighted by Gasteiger charge is 2.17. The second-order valence-corrected chi connectivity index (χ2v) is 4.87. The van der Waals surface area contributed by atoms with Crippen molar-refractivity contribution >= 4 is 11.5 Å². The number of rotatable bonds is 3. The average Bonchev–Trinajstić information content (AvgIpc) is 2.30. The van der Waals surface area contributed by atoms with Gasteiger partial charge >= 0.3 is 0 Å². The van der Waals surface area contributed by atoms with Gasteiger partial charge < -0.3 is 15.4 Å². The molecule has 0 aromatic carbocycles. The Kier molecular flexibility index (Phi) is 3.84. The van der Waals surface area contributed by atoms with E-state index in [4.69, 9.17) is 10.5 Å². The fourth-order valence-electron chi connectivity index (χ4n) is 2.41. The number of hydrogen-bond acceptors (Lipinski definition) is 4. The minimum Gasteiger partial charge on any atom is -0.397 e. The summed E-state index contributed by atoms with van der Waals surface area (Å²) in [6, 6.07) is 1.97. The molecule has 94 valence electrons. The summed E-state index contributed by atoms with van der Waals surface area (Å²) >= 11 is 0. The molecule has 1 aromatic rings. The summed E-state index contributed by atoms with van der Waals surface area (Å²) in [7, 11) is 2.08. The first-order valence-electron chi connectivity index (χ1n) is 6.18. The van der Waals surface area contributed by atoms with Crippen LogP contribution in [0.5, 0.6) is 0 Å². The highest BCUT2D eigenvalue weighted by Crippen LogP contribution is 2.21. The quantitative estimate of drug-likeness (QED) is 0.868. The van der Waals surface area contributed by atoms with Gasteiger partial charge in [0.1, 0.15) is 5.82 Å². The van der Waals surface area contributed by atoms with Gasteiger partial charge in [0.2, 0.25) is 0 Å².